The molecule has 0 aromatic heterocycles. The van der Waals surface area contributed by atoms with Gasteiger partial charge in [0.1, 0.15) is 5.75 Å². The van der Waals surface area contributed by atoms with Crippen molar-refractivity contribution in [2.24, 2.45) is 0 Å². The highest BCUT2D eigenvalue weighted by Crippen LogP contribution is 2.29. The quantitative estimate of drug-likeness (QED) is 0.777. The molecule has 0 unspecified atom stereocenters. The lowest BCUT2D eigenvalue weighted by molar-refractivity contribution is -0.117. The lowest BCUT2D eigenvalue weighted by atomic mass is 10.3. The van der Waals surface area contributed by atoms with Gasteiger partial charge in [0.05, 0.1) is 6.10 Å². The minimum absolute atomic E-state index is 0.232. The number of hydrogen-bond donors (Lipinski definition) is 0. The topological polar surface area (TPSA) is 29.5 Å². The Morgan fingerprint density at radius 2 is 1.94 bits per heavy atom. The first-order chi connectivity index (χ1) is 7.83. The average Bonchev–Trinajstić information content (AvgIpc) is 3.00. The number of anilines is 1. The summed E-state index contributed by atoms with van der Waals surface area (Å²) < 4.78 is 5.67. The summed E-state index contributed by atoms with van der Waals surface area (Å²) in [5.74, 6) is 1.15. The molecule has 1 heterocycles. The molecule has 84 valence electrons. The van der Waals surface area contributed by atoms with Gasteiger partial charge in [-0.05, 0) is 43.5 Å². The minimum Gasteiger partial charge on any atom is -0.490 e. The van der Waals surface area contributed by atoms with Gasteiger partial charge < -0.3 is 9.64 Å². The van der Waals surface area contributed by atoms with Gasteiger partial charge >= 0.3 is 0 Å². The van der Waals surface area contributed by atoms with Gasteiger partial charge in [0.25, 0.3) is 0 Å². The highest BCUT2D eigenvalue weighted by molar-refractivity contribution is 5.95. The molecule has 1 saturated carbocycles. The Bertz CT molecular complexity index is 395. The fourth-order valence-corrected chi connectivity index (χ4v) is 2.00. The number of benzene rings is 1. The molecule has 1 amide bonds. The minimum atomic E-state index is 0.232. The monoisotopic (exact) mass is 217 g/mol. The molecule has 1 aliphatic carbocycles. The van der Waals surface area contributed by atoms with E-state index in [9.17, 15) is 4.79 Å². The molecule has 1 aromatic carbocycles. The van der Waals surface area contributed by atoms with Crippen LogP contribution in [0.2, 0.25) is 0 Å². The van der Waals surface area contributed by atoms with Crippen LogP contribution in [0.25, 0.3) is 0 Å². The number of nitrogens with zero attached hydrogens (tertiary/aromatic N) is 1. The van der Waals surface area contributed by atoms with Crippen molar-refractivity contribution in [2.75, 3.05) is 11.4 Å². The Labute approximate surface area is 95.0 Å². The lowest BCUT2D eigenvalue weighted by Crippen LogP contribution is -2.23. The second kappa shape index (κ2) is 3.81. The third-order valence-corrected chi connectivity index (χ3v) is 3.05. The van der Waals surface area contributed by atoms with E-state index in [1.807, 2.05) is 29.2 Å². The van der Waals surface area contributed by atoms with E-state index in [0.717, 1.165) is 24.4 Å². The Hall–Kier alpha value is -1.51. The summed E-state index contributed by atoms with van der Waals surface area (Å²) in [6, 6.07) is 7.86. The summed E-state index contributed by atoms with van der Waals surface area (Å²) in [7, 11) is 0. The Morgan fingerprint density at radius 3 is 2.50 bits per heavy atom. The van der Waals surface area contributed by atoms with Crippen LogP contribution in [0.4, 0.5) is 5.69 Å². The van der Waals surface area contributed by atoms with Gasteiger partial charge in [-0.3, -0.25) is 4.79 Å². The molecule has 2 aliphatic rings. The second-order valence-electron chi connectivity index (χ2n) is 4.46. The van der Waals surface area contributed by atoms with Crippen LogP contribution in [-0.2, 0) is 4.79 Å². The fourth-order valence-electron chi connectivity index (χ4n) is 2.00. The summed E-state index contributed by atoms with van der Waals surface area (Å²) in [4.78, 5) is 13.4. The molecule has 0 N–H and O–H groups in total. The van der Waals surface area contributed by atoms with E-state index in [1.165, 1.54) is 12.8 Å². The molecule has 1 aromatic rings. The number of rotatable bonds is 3. The van der Waals surface area contributed by atoms with E-state index in [4.69, 9.17) is 4.74 Å². The zero-order valence-corrected chi connectivity index (χ0v) is 9.19. The molecule has 0 bridgehead atoms. The van der Waals surface area contributed by atoms with E-state index in [0.29, 0.717) is 12.5 Å². The summed E-state index contributed by atoms with van der Waals surface area (Å²) in [5, 5.41) is 0. The van der Waals surface area contributed by atoms with Crippen molar-refractivity contribution in [2.45, 2.75) is 31.8 Å². The highest BCUT2D eigenvalue weighted by Gasteiger charge is 2.24. The summed E-state index contributed by atoms with van der Waals surface area (Å²) >= 11 is 0. The molecule has 1 saturated heterocycles. The molecule has 0 atom stereocenters. The summed E-state index contributed by atoms with van der Waals surface area (Å²) in [6.07, 6.45) is 4.43. The number of ether oxygens (including phenoxy) is 1. The van der Waals surface area contributed by atoms with Crippen LogP contribution < -0.4 is 9.64 Å². The molecule has 3 nitrogen and oxygen atoms in total. The van der Waals surface area contributed by atoms with Crippen molar-refractivity contribution >= 4 is 11.6 Å². The molecule has 0 radical (unpaired) electrons. The van der Waals surface area contributed by atoms with E-state index < -0.39 is 0 Å². The van der Waals surface area contributed by atoms with Gasteiger partial charge in [0.2, 0.25) is 5.91 Å². The van der Waals surface area contributed by atoms with Crippen molar-refractivity contribution < 1.29 is 9.53 Å². The van der Waals surface area contributed by atoms with E-state index in [2.05, 4.69) is 0 Å². The van der Waals surface area contributed by atoms with Gasteiger partial charge in [-0.15, -0.1) is 0 Å². The van der Waals surface area contributed by atoms with Gasteiger partial charge in [0, 0.05) is 18.7 Å². The first-order valence-corrected chi connectivity index (χ1v) is 5.90. The Morgan fingerprint density at radius 1 is 1.19 bits per heavy atom. The molecule has 0 spiro atoms. The Balaban J connectivity index is 1.73. The van der Waals surface area contributed by atoms with Gasteiger partial charge in [0.15, 0.2) is 0 Å². The van der Waals surface area contributed by atoms with Crippen molar-refractivity contribution in [3.05, 3.63) is 24.3 Å². The standard InChI is InChI=1S/C13H15NO2/c15-13-2-1-9-14(13)10-3-5-11(6-4-10)16-12-7-8-12/h3-6,12H,1-2,7-9H2. The molecule has 3 heteroatoms. The number of hydrogen-bond acceptors (Lipinski definition) is 2. The molecule has 3 rings (SSSR count). The average molecular weight is 217 g/mol. The predicted octanol–water partition coefficient (Wildman–Crippen LogP) is 2.35. The van der Waals surface area contributed by atoms with Crippen LogP contribution in [0.15, 0.2) is 24.3 Å². The predicted molar refractivity (Wildman–Crippen MR) is 61.7 cm³/mol. The largest absolute Gasteiger partial charge is 0.490 e. The first kappa shape index (κ1) is 9.70. The smallest absolute Gasteiger partial charge is 0.227 e. The maximum atomic E-state index is 11.5. The summed E-state index contributed by atoms with van der Waals surface area (Å²) in [6.45, 7) is 0.849. The van der Waals surface area contributed by atoms with E-state index in [1.54, 1.807) is 0 Å². The van der Waals surface area contributed by atoms with Crippen molar-refractivity contribution in [3.8, 4) is 5.75 Å². The maximum absolute atomic E-state index is 11.5. The number of amides is 1. The highest BCUT2D eigenvalue weighted by atomic mass is 16.5. The van der Waals surface area contributed by atoms with Gasteiger partial charge in [-0.1, -0.05) is 0 Å². The van der Waals surface area contributed by atoms with Crippen molar-refractivity contribution in [1.29, 1.82) is 0 Å². The van der Waals surface area contributed by atoms with Crippen LogP contribution in [-0.4, -0.2) is 18.6 Å². The van der Waals surface area contributed by atoms with Crippen LogP contribution in [0.3, 0.4) is 0 Å². The van der Waals surface area contributed by atoms with Crippen LogP contribution in [0, 0.1) is 0 Å². The normalized spacial score (nSPS) is 20.2. The summed E-state index contributed by atoms with van der Waals surface area (Å²) in [5.41, 5.74) is 0.991. The lowest BCUT2D eigenvalue weighted by Gasteiger charge is -2.15. The third kappa shape index (κ3) is 1.90. The number of carbonyl (C=O) groups is 1. The maximum Gasteiger partial charge on any atom is 0.227 e. The molecule has 1 aliphatic heterocycles. The van der Waals surface area contributed by atoms with Crippen molar-refractivity contribution in [3.63, 3.8) is 0 Å². The van der Waals surface area contributed by atoms with Crippen LogP contribution in [0.5, 0.6) is 5.75 Å². The molecule has 2 fully saturated rings. The van der Waals surface area contributed by atoms with Gasteiger partial charge in [-0.25, -0.2) is 0 Å². The number of carbonyl (C=O) groups excluding carboxylic acids is 1. The third-order valence-electron chi connectivity index (χ3n) is 3.05. The fraction of sp³-hybridized carbons (Fsp3) is 0.462. The second-order valence-corrected chi connectivity index (χ2v) is 4.46. The first-order valence-electron chi connectivity index (χ1n) is 5.90. The van der Waals surface area contributed by atoms with Gasteiger partial charge in [-0.2, -0.15) is 0 Å². The zero-order valence-electron chi connectivity index (χ0n) is 9.19. The van der Waals surface area contributed by atoms with Crippen LogP contribution in [0.1, 0.15) is 25.7 Å². The zero-order chi connectivity index (χ0) is 11.0. The SMILES string of the molecule is O=C1CCCN1c1ccc(OC2CC2)cc1. The van der Waals surface area contributed by atoms with Crippen molar-refractivity contribution in [1.82, 2.24) is 0 Å². The molecular weight excluding hydrogens is 202 g/mol. The van der Waals surface area contributed by atoms with Crippen LogP contribution >= 0.6 is 0 Å². The molecule has 16 heavy (non-hydrogen) atoms. The van der Waals surface area contributed by atoms with E-state index >= 15 is 0 Å². The molecular formula is C13H15NO2. The Kier molecular flexibility index (Phi) is 2.31. The van der Waals surface area contributed by atoms with E-state index in [-0.39, 0.29) is 5.91 Å².